The Hall–Kier alpha value is -0.910. The molecule has 1 atom stereocenters. The molecular weight excluding hydrogens is 224 g/mol. The van der Waals surface area contributed by atoms with Gasteiger partial charge in [0.05, 0.1) is 19.8 Å². The van der Waals surface area contributed by atoms with Gasteiger partial charge in [-0.05, 0) is 13.3 Å². The molecule has 1 N–H and O–H groups in total. The Morgan fingerprint density at radius 1 is 1.24 bits per heavy atom. The van der Waals surface area contributed by atoms with Crippen LogP contribution in [0, 0.1) is 0 Å². The van der Waals surface area contributed by atoms with Gasteiger partial charge in [-0.15, -0.1) is 0 Å². The predicted octanol–water partition coefficient (Wildman–Crippen LogP) is 0.910. The molecule has 1 unspecified atom stereocenters. The van der Waals surface area contributed by atoms with Gasteiger partial charge in [0.2, 0.25) is 0 Å². The van der Waals surface area contributed by atoms with Crippen molar-refractivity contribution in [3.63, 3.8) is 0 Å². The van der Waals surface area contributed by atoms with E-state index < -0.39 is 12.1 Å². The first kappa shape index (κ1) is 16.1. The van der Waals surface area contributed by atoms with Crippen LogP contribution in [0.2, 0.25) is 0 Å². The Balaban J connectivity index is 3.33. The van der Waals surface area contributed by atoms with Crippen molar-refractivity contribution in [1.29, 1.82) is 0 Å². The van der Waals surface area contributed by atoms with Crippen LogP contribution in [-0.2, 0) is 19.0 Å². The largest absolute Gasteiger partial charge is 0.460 e. The molecule has 0 rings (SSSR count). The Kier molecular flexibility index (Phi) is 9.71. The highest BCUT2D eigenvalue weighted by atomic mass is 16.6. The maximum Gasteiger partial charge on any atom is 0.333 e. The van der Waals surface area contributed by atoms with Crippen molar-refractivity contribution in [2.75, 3.05) is 33.0 Å². The first-order chi connectivity index (χ1) is 8.07. The molecule has 0 heterocycles. The number of aliphatic hydroxyl groups excluding tert-OH is 1. The molecular formula is C12H22O5. The van der Waals surface area contributed by atoms with Crippen molar-refractivity contribution in [2.45, 2.75) is 26.4 Å². The SMILES string of the molecule is C=C(C)C(=O)OCCOCC(O)COCCC. The molecule has 0 aromatic carbocycles. The number of ether oxygens (including phenoxy) is 3. The molecule has 0 bridgehead atoms. The van der Waals surface area contributed by atoms with Crippen LogP contribution in [0.3, 0.4) is 0 Å². The van der Waals surface area contributed by atoms with E-state index in [9.17, 15) is 9.90 Å². The zero-order valence-corrected chi connectivity index (χ0v) is 10.6. The van der Waals surface area contributed by atoms with E-state index in [-0.39, 0.29) is 26.4 Å². The minimum atomic E-state index is -0.640. The van der Waals surface area contributed by atoms with E-state index in [0.29, 0.717) is 12.2 Å². The summed E-state index contributed by atoms with van der Waals surface area (Å²) in [6, 6.07) is 0. The topological polar surface area (TPSA) is 65.0 Å². The molecule has 0 amide bonds. The van der Waals surface area contributed by atoms with Crippen molar-refractivity contribution in [1.82, 2.24) is 0 Å². The molecule has 0 aliphatic rings. The molecule has 0 aromatic heterocycles. The number of aliphatic hydroxyl groups is 1. The summed E-state index contributed by atoms with van der Waals surface area (Å²) in [5.41, 5.74) is 0.359. The fourth-order valence-corrected chi connectivity index (χ4v) is 0.948. The second-order valence-corrected chi connectivity index (χ2v) is 3.72. The van der Waals surface area contributed by atoms with Gasteiger partial charge in [-0.3, -0.25) is 0 Å². The van der Waals surface area contributed by atoms with Gasteiger partial charge in [0.1, 0.15) is 12.7 Å². The summed E-state index contributed by atoms with van der Waals surface area (Å²) < 4.78 is 15.1. The standard InChI is InChI=1S/C12H22O5/c1-4-5-15-8-11(13)9-16-6-7-17-12(14)10(2)3/h11,13H,2,4-9H2,1,3H3. The van der Waals surface area contributed by atoms with Crippen LogP contribution in [0.4, 0.5) is 0 Å². The molecule has 0 saturated heterocycles. The van der Waals surface area contributed by atoms with Crippen LogP contribution < -0.4 is 0 Å². The Labute approximate surface area is 102 Å². The minimum Gasteiger partial charge on any atom is -0.460 e. The van der Waals surface area contributed by atoms with Crippen LogP contribution in [0.1, 0.15) is 20.3 Å². The first-order valence-electron chi connectivity index (χ1n) is 5.74. The van der Waals surface area contributed by atoms with Gasteiger partial charge in [-0.25, -0.2) is 4.79 Å². The highest BCUT2D eigenvalue weighted by Gasteiger charge is 2.05. The van der Waals surface area contributed by atoms with Gasteiger partial charge in [-0.2, -0.15) is 0 Å². The monoisotopic (exact) mass is 246 g/mol. The van der Waals surface area contributed by atoms with Gasteiger partial charge in [0.25, 0.3) is 0 Å². The van der Waals surface area contributed by atoms with E-state index in [2.05, 4.69) is 6.58 Å². The van der Waals surface area contributed by atoms with E-state index >= 15 is 0 Å². The van der Waals surface area contributed by atoms with Gasteiger partial charge < -0.3 is 19.3 Å². The average Bonchev–Trinajstić information content (AvgIpc) is 2.28. The number of carbonyl (C=O) groups excluding carboxylic acids is 1. The van der Waals surface area contributed by atoms with Crippen molar-refractivity contribution >= 4 is 5.97 Å². The summed E-state index contributed by atoms with van der Waals surface area (Å²) in [5.74, 6) is -0.430. The molecule has 17 heavy (non-hydrogen) atoms. The van der Waals surface area contributed by atoms with E-state index in [1.54, 1.807) is 6.92 Å². The first-order valence-corrected chi connectivity index (χ1v) is 5.74. The van der Waals surface area contributed by atoms with E-state index in [0.717, 1.165) is 6.42 Å². The molecule has 0 aliphatic carbocycles. The summed E-state index contributed by atoms with van der Waals surface area (Å²) in [5, 5.41) is 9.40. The molecule has 5 nitrogen and oxygen atoms in total. The lowest BCUT2D eigenvalue weighted by atomic mass is 10.4. The van der Waals surface area contributed by atoms with Gasteiger partial charge in [0.15, 0.2) is 0 Å². The quantitative estimate of drug-likeness (QED) is 0.352. The molecule has 0 aliphatic heterocycles. The molecule has 0 spiro atoms. The summed E-state index contributed by atoms with van der Waals surface area (Å²) in [7, 11) is 0. The van der Waals surface area contributed by atoms with Crippen LogP contribution in [0.15, 0.2) is 12.2 Å². The molecule has 0 fully saturated rings. The average molecular weight is 246 g/mol. The van der Waals surface area contributed by atoms with Gasteiger partial charge in [-0.1, -0.05) is 13.5 Å². The fourth-order valence-electron chi connectivity index (χ4n) is 0.948. The van der Waals surface area contributed by atoms with E-state index in [1.165, 1.54) is 0 Å². The number of hydrogen-bond donors (Lipinski definition) is 1. The second-order valence-electron chi connectivity index (χ2n) is 3.72. The summed E-state index contributed by atoms with van der Waals surface area (Å²) in [6.07, 6.45) is 0.281. The van der Waals surface area contributed by atoms with Crippen molar-refractivity contribution < 1.29 is 24.1 Å². The third-order valence-corrected chi connectivity index (χ3v) is 1.78. The third kappa shape index (κ3) is 9.99. The zero-order chi connectivity index (χ0) is 13.1. The maximum absolute atomic E-state index is 11.0. The smallest absolute Gasteiger partial charge is 0.333 e. The highest BCUT2D eigenvalue weighted by molar-refractivity contribution is 5.86. The van der Waals surface area contributed by atoms with E-state index in [4.69, 9.17) is 14.2 Å². The summed E-state index contributed by atoms with van der Waals surface area (Å²) in [4.78, 5) is 11.0. The van der Waals surface area contributed by atoms with Crippen molar-refractivity contribution in [3.8, 4) is 0 Å². The molecule has 0 radical (unpaired) electrons. The van der Waals surface area contributed by atoms with Crippen molar-refractivity contribution in [2.24, 2.45) is 0 Å². The third-order valence-electron chi connectivity index (χ3n) is 1.78. The second kappa shape index (κ2) is 10.3. The lowest BCUT2D eigenvalue weighted by Crippen LogP contribution is -2.23. The number of hydrogen-bond acceptors (Lipinski definition) is 5. The Morgan fingerprint density at radius 2 is 1.82 bits per heavy atom. The lowest BCUT2D eigenvalue weighted by molar-refractivity contribution is -0.140. The molecule has 100 valence electrons. The minimum absolute atomic E-state index is 0.161. The Bertz CT molecular complexity index is 227. The number of rotatable bonds is 10. The van der Waals surface area contributed by atoms with Crippen LogP contribution in [-0.4, -0.2) is 50.2 Å². The zero-order valence-electron chi connectivity index (χ0n) is 10.6. The lowest BCUT2D eigenvalue weighted by Gasteiger charge is -2.11. The Morgan fingerprint density at radius 3 is 2.35 bits per heavy atom. The number of esters is 1. The van der Waals surface area contributed by atoms with Crippen LogP contribution >= 0.6 is 0 Å². The van der Waals surface area contributed by atoms with E-state index in [1.807, 2.05) is 6.92 Å². The van der Waals surface area contributed by atoms with Crippen LogP contribution in [0.25, 0.3) is 0 Å². The number of carbonyl (C=O) groups is 1. The summed E-state index contributed by atoms with van der Waals surface area (Å²) in [6.45, 7) is 8.52. The van der Waals surface area contributed by atoms with Crippen molar-refractivity contribution in [3.05, 3.63) is 12.2 Å². The molecule has 5 heteroatoms. The van der Waals surface area contributed by atoms with Gasteiger partial charge in [0, 0.05) is 12.2 Å². The highest BCUT2D eigenvalue weighted by Crippen LogP contribution is 1.93. The van der Waals surface area contributed by atoms with Gasteiger partial charge >= 0.3 is 5.97 Å². The maximum atomic E-state index is 11.0. The normalized spacial score (nSPS) is 12.2. The molecule has 0 aromatic rings. The van der Waals surface area contributed by atoms with Crippen LogP contribution in [0.5, 0.6) is 0 Å². The predicted molar refractivity (Wildman–Crippen MR) is 63.7 cm³/mol. The summed E-state index contributed by atoms with van der Waals surface area (Å²) >= 11 is 0. The fraction of sp³-hybridized carbons (Fsp3) is 0.750. The molecule has 0 saturated carbocycles.